The van der Waals surface area contributed by atoms with Gasteiger partial charge in [0, 0.05) is 38.6 Å². The molecule has 1 aliphatic rings. The van der Waals surface area contributed by atoms with Crippen molar-refractivity contribution in [1.29, 1.82) is 0 Å². The van der Waals surface area contributed by atoms with E-state index in [4.69, 9.17) is 0 Å². The number of likely N-dealkylation sites (N-methyl/N-ethyl adjacent to an activating group) is 1. The molecule has 1 fully saturated rings. The third kappa shape index (κ3) is 6.47. The first-order chi connectivity index (χ1) is 12.1. The van der Waals surface area contributed by atoms with E-state index in [0.29, 0.717) is 13.0 Å². The number of aliphatic hydroxyl groups excluding tert-OH is 1. The molecule has 2 aromatic rings. The molecule has 3 rings (SSSR count). The van der Waals surface area contributed by atoms with Gasteiger partial charge in [-0.3, -0.25) is 14.7 Å². The average molecular weight is 412 g/mol. The van der Waals surface area contributed by atoms with Crippen LogP contribution in [0.5, 0.6) is 0 Å². The smallest absolute Gasteiger partial charge is 0.228 e. The summed E-state index contributed by atoms with van der Waals surface area (Å²) in [4.78, 5) is 21.1. The molecule has 0 saturated carbocycles. The Morgan fingerprint density at radius 2 is 1.93 bits per heavy atom. The van der Waals surface area contributed by atoms with E-state index in [0.717, 1.165) is 30.8 Å². The lowest BCUT2D eigenvalue weighted by molar-refractivity contribution is -0.131. The summed E-state index contributed by atoms with van der Waals surface area (Å²) in [6.07, 6.45) is 2.55. The van der Waals surface area contributed by atoms with E-state index in [1.165, 1.54) is 0 Å². The van der Waals surface area contributed by atoms with Gasteiger partial charge in [-0.25, -0.2) is 0 Å². The molecule has 5 nitrogen and oxygen atoms in total. The fraction of sp³-hybridized carbons (Fsp3) is 0.400. The second-order valence-corrected chi connectivity index (χ2v) is 6.63. The highest BCUT2D eigenvalue weighted by Gasteiger charge is 2.28. The number of benzene rings is 1. The van der Waals surface area contributed by atoms with Crippen LogP contribution in [0.4, 0.5) is 0 Å². The Labute approximate surface area is 173 Å². The van der Waals surface area contributed by atoms with E-state index >= 15 is 0 Å². The summed E-state index contributed by atoms with van der Waals surface area (Å²) in [6.45, 7) is 2.27. The van der Waals surface area contributed by atoms with Crippen LogP contribution in [0.1, 0.15) is 23.7 Å². The predicted molar refractivity (Wildman–Crippen MR) is 111 cm³/mol. The van der Waals surface area contributed by atoms with E-state index < -0.39 is 0 Å². The van der Waals surface area contributed by atoms with Gasteiger partial charge in [0.2, 0.25) is 5.91 Å². The van der Waals surface area contributed by atoms with Crippen molar-refractivity contribution in [3.05, 3.63) is 66.0 Å². The number of halogens is 2. The number of hydrogen-bond donors (Lipinski definition) is 1. The Bertz CT molecular complexity index is 688. The maximum atomic E-state index is 12.8. The SMILES string of the molecule is CN(C(=O)Cc1ccccn1)C(CN1CC[C@H](O)C1)c1ccccc1.Cl.Cl. The number of likely N-dealkylation sites (tertiary alicyclic amines) is 1. The summed E-state index contributed by atoms with van der Waals surface area (Å²) < 4.78 is 0. The minimum absolute atomic E-state index is 0. The lowest BCUT2D eigenvalue weighted by Crippen LogP contribution is -2.39. The molecule has 1 unspecified atom stereocenters. The summed E-state index contributed by atoms with van der Waals surface area (Å²) >= 11 is 0. The van der Waals surface area contributed by atoms with Crippen molar-refractivity contribution in [3.63, 3.8) is 0 Å². The standard InChI is InChI=1S/C20H25N3O2.2ClH/c1-22(20(25)13-17-9-5-6-11-21-17)19(16-7-3-2-4-8-16)15-23-12-10-18(24)14-23;;/h2-9,11,18-19,24H,10,12-15H2,1H3;2*1H/t18-,19?;;/m0../s1. The van der Waals surface area contributed by atoms with Crippen LogP contribution in [-0.4, -0.2) is 58.6 Å². The number of β-amino-alcohol motifs (C(OH)–C–C–N with tert-alkyl or cyclic N) is 1. The Hall–Kier alpha value is -1.66. The maximum absolute atomic E-state index is 12.8. The van der Waals surface area contributed by atoms with E-state index in [9.17, 15) is 9.90 Å². The highest BCUT2D eigenvalue weighted by molar-refractivity contribution is 5.85. The normalized spacial score (nSPS) is 17.5. The lowest BCUT2D eigenvalue weighted by atomic mass is 10.0. The molecule has 148 valence electrons. The van der Waals surface area contributed by atoms with Crippen molar-refractivity contribution < 1.29 is 9.90 Å². The Balaban J connectivity index is 0.00000182. The molecule has 1 N–H and O–H groups in total. The zero-order valence-corrected chi connectivity index (χ0v) is 17.0. The summed E-state index contributed by atoms with van der Waals surface area (Å²) in [5.74, 6) is 0.0484. The molecule has 7 heteroatoms. The minimum Gasteiger partial charge on any atom is -0.392 e. The van der Waals surface area contributed by atoms with E-state index in [-0.39, 0.29) is 42.9 Å². The molecular weight excluding hydrogens is 385 g/mol. The summed E-state index contributed by atoms with van der Waals surface area (Å²) in [7, 11) is 1.86. The number of pyridine rings is 1. The van der Waals surface area contributed by atoms with Gasteiger partial charge < -0.3 is 10.0 Å². The number of carbonyl (C=O) groups excluding carboxylic acids is 1. The topological polar surface area (TPSA) is 56.7 Å². The first-order valence-corrected chi connectivity index (χ1v) is 8.74. The average Bonchev–Trinajstić information content (AvgIpc) is 3.05. The summed E-state index contributed by atoms with van der Waals surface area (Å²) in [6, 6.07) is 15.7. The van der Waals surface area contributed by atoms with Crippen molar-refractivity contribution in [1.82, 2.24) is 14.8 Å². The molecule has 27 heavy (non-hydrogen) atoms. The van der Waals surface area contributed by atoms with Crippen molar-refractivity contribution >= 4 is 30.7 Å². The van der Waals surface area contributed by atoms with Gasteiger partial charge in [-0.05, 0) is 24.1 Å². The van der Waals surface area contributed by atoms with Gasteiger partial charge in [0.1, 0.15) is 0 Å². The molecule has 1 saturated heterocycles. The van der Waals surface area contributed by atoms with Crippen molar-refractivity contribution in [3.8, 4) is 0 Å². The molecule has 1 aliphatic heterocycles. The number of aromatic nitrogens is 1. The van der Waals surface area contributed by atoms with Gasteiger partial charge >= 0.3 is 0 Å². The van der Waals surface area contributed by atoms with E-state index in [1.54, 1.807) is 6.20 Å². The van der Waals surface area contributed by atoms with Gasteiger partial charge in [0.05, 0.1) is 18.6 Å². The van der Waals surface area contributed by atoms with E-state index in [1.807, 2.05) is 48.3 Å². The number of aliphatic hydroxyl groups is 1. The van der Waals surface area contributed by atoms with Crippen LogP contribution in [-0.2, 0) is 11.2 Å². The van der Waals surface area contributed by atoms with Gasteiger partial charge in [-0.1, -0.05) is 36.4 Å². The number of amides is 1. The molecule has 1 amide bonds. The first kappa shape index (κ1) is 23.4. The molecule has 0 radical (unpaired) electrons. The van der Waals surface area contributed by atoms with Crippen LogP contribution in [0.2, 0.25) is 0 Å². The quantitative estimate of drug-likeness (QED) is 0.793. The lowest BCUT2D eigenvalue weighted by Gasteiger charge is -2.32. The monoisotopic (exact) mass is 411 g/mol. The van der Waals surface area contributed by atoms with Crippen molar-refractivity contribution in [2.45, 2.75) is 25.0 Å². The number of rotatable bonds is 6. The van der Waals surface area contributed by atoms with E-state index in [2.05, 4.69) is 22.0 Å². The fourth-order valence-electron chi connectivity index (χ4n) is 3.31. The van der Waals surface area contributed by atoms with Crippen molar-refractivity contribution in [2.24, 2.45) is 0 Å². The largest absolute Gasteiger partial charge is 0.392 e. The molecule has 0 bridgehead atoms. The summed E-state index contributed by atoms with van der Waals surface area (Å²) in [5, 5.41) is 9.80. The van der Waals surface area contributed by atoms with Gasteiger partial charge in [0.25, 0.3) is 0 Å². The molecule has 2 atom stereocenters. The first-order valence-electron chi connectivity index (χ1n) is 8.74. The minimum atomic E-state index is -0.258. The zero-order valence-electron chi connectivity index (χ0n) is 15.4. The molecule has 1 aromatic heterocycles. The van der Waals surface area contributed by atoms with Crippen LogP contribution in [0, 0.1) is 0 Å². The maximum Gasteiger partial charge on any atom is 0.228 e. The van der Waals surface area contributed by atoms with Gasteiger partial charge in [-0.2, -0.15) is 0 Å². The third-order valence-corrected chi connectivity index (χ3v) is 4.78. The van der Waals surface area contributed by atoms with Crippen LogP contribution in [0.3, 0.4) is 0 Å². The molecule has 0 aliphatic carbocycles. The number of carbonyl (C=O) groups is 1. The number of hydrogen-bond acceptors (Lipinski definition) is 4. The Morgan fingerprint density at radius 1 is 1.22 bits per heavy atom. The van der Waals surface area contributed by atoms with Crippen molar-refractivity contribution in [2.75, 3.05) is 26.7 Å². The molecule has 1 aromatic carbocycles. The van der Waals surface area contributed by atoms with Crippen LogP contribution < -0.4 is 0 Å². The highest BCUT2D eigenvalue weighted by Crippen LogP contribution is 2.23. The van der Waals surface area contributed by atoms with Crippen LogP contribution in [0.15, 0.2) is 54.7 Å². The molecule has 0 spiro atoms. The predicted octanol–water partition coefficient (Wildman–Crippen LogP) is 2.73. The van der Waals surface area contributed by atoms with Gasteiger partial charge in [-0.15, -0.1) is 24.8 Å². The fourth-order valence-corrected chi connectivity index (χ4v) is 3.31. The Morgan fingerprint density at radius 3 is 2.52 bits per heavy atom. The highest BCUT2D eigenvalue weighted by atomic mass is 35.5. The Kier molecular flexibility index (Phi) is 9.74. The van der Waals surface area contributed by atoms with Crippen LogP contribution >= 0.6 is 24.8 Å². The zero-order chi connectivity index (χ0) is 17.6. The number of nitrogens with zero attached hydrogens (tertiary/aromatic N) is 3. The summed E-state index contributed by atoms with van der Waals surface area (Å²) in [5.41, 5.74) is 1.89. The second-order valence-electron chi connectivity index (χ2n) is 6.63. The van der Waals surface area contributed by atoms with Crippen LogP contribution in [0.25, 0.3) is 0 Å². The third-order valence-electron chi connectivity index (χ3n) is 4.78. The van der Waals surface area contributed by atoms with Gasteiger partial charge in [0.15, 0.2) is 0 Å². The second kappa shape index (κ2) is 11.2. The molecule has 2 heterocycles. The molecular formula is C20H27Cl2N3O2.